The average molecular weight is 300 g/mol. The molecule has 1 aromatic carbocycles. The molecule has 1 heterocycles. The van der Waals surface area contributed by atoms with Crippen LogP contribution in [0.2, 0.25) is 0 Å². The molecular formula is C15H12N2O5. The first kappa shape index (κ1) is 13.0. The van der Waals surface area contributed by atoms with E-state index in [1.807, 2.05) is 12.2 Å². The molecule has 3 aliphatic rings. The van der Waals surface area contributed by atoms with E-state index in [0.29, 0.717) is 0 Å². The summed E-state index contributed by atoms with van der Waals surface area (Å²) in [6, 6.07) is 3.34. The number of rotatable bonds is 2. The maximum atomic E-state index is 12.6. The fourth-order valence-electron chi connectivity index (χ4n) is 3.94. The minimum atomic E-state index is -0.625. The van der Waals surface area contributed by atoms with Gasteiger partial charge in [-0.15, -0.1) is 0 Å². The summed E-state index contributed by atoms with van der Waals surface area (Å²) in [5, 5.41) is 20.8. The fourth-order valence-corrected chi connectivity index (χ4v) is 3.94. The number of benzene rings is 1. The second kappa shape index (κ2) is 4.16. The van der Waals surface area contributed by atoms with Crippen molar-refractivity contribution < 1.29 is 19.6 Å². The Bertz CT molecular complexity index is 726. The Morgan fingerprint density at radius 2 is 1.73 bits per heavy atom. The van der Waals surface area contributed by atoms with Crippen molar-refractivity contribution in [1.82, 2.24) is 0 Å². The van der Waals surface area contributed by atoms with E-state index in [2.05, 4.69) is 0 Å². The number of hydrogen-bond donors (Lipinski definition) is 1. The second-order valence-corrected chi connectivity index (χ2v) is 5.94. The summed E-state index contributed by atoms with van der Waals surface area (Å²) in [7, 11) is 0. The molecule has 1 saturated carbocycles. The van der Waals surface area contributed by atoms with Gasteiger partial charge in [0.25, 0.3) is 5.69 Å². The molecule has 1 aliphatic heterocycles. The largest absolute Gasteiger partial charge is 0.506 e. The highest BCUT2D eigenvalue weighted by atomic mass is 16.6. The van der Waals surface area contributed by atoms with Crippen LogP contribution < -0.4 is 4.90 Å². The summed E-state index contributed by atoms with van der Waals surface area (Å²) in [5.41, 5.74) is -0.371. The van der Waals surface area contributed by atoms with Crippen LogP contribution in [-0.2, 0) is 9.59 Å². The molecular weight excluding hydrogens is 288 g/mol. The minimum Gasteiger partial charge on any atom is -0.506 e. The van der Waals surface area contributed by atoms with Crippen LogP contribution in [0, 0.1) is 33.8 Å². The van der Waals surface area contributed by atoms with E-state index >= 15 is 0 Å². The number of anilines is 1. The molecule has 2 amide bonds. The molecule has 1 aromatic rings. The fraction of sp³-hybridized carbons (Fsp3) is 0.333. The molecule has 22 heavy (non-hydrogen) atoms. The molecule has 7 heteroatoms. The number of carbonyl (C=O) groups excluding carboxylic acids is 2. The number of nitrogens with zero attached hydrogens (tertiary/aromatic N) is 2. The molecule has 2 bridgehead atoms. The van der Waals surface area contributed by atoms with E-state index in [0.717, 1.165) is 29.5 Å². The number of carbonyl (C=O) groups is 2. The Kier molecular flexibility index (Phi) is 2.46. The summed E-state index contributed by atoms with van der Waals surface area (Å²) >= 11 is 0. The number of fused-ring (bicyclic) bond motifs is 5. The van der Waals surface area contributed by atoms with E-state index in [4.69, 9.17) is 0 Å². The Morgan fingerprint density at radius 1 is 1.14 bits per heavy atom. The van der Waals surface area contributed by atoms with Crippen molar-refractivity contribution in [3.63, 3.8) is 0 Å². The van der Waals surface area contributed by atoms with Crippen molar-refractivity contribution in [2.24, 2.45) is 23.7 Å². The Hall–Kier alpha value is -2.70. The molecule has 7 nitrogen and oxygen atoms in total. The zero-order valence-corrected chi connectivity index (χ0v) is 11.4. The van der Waals surface area contributed by atoms with Crippen molar-refractivity contribution in [1.29, 1.82) is 0 Å². The zero-order valence-electron chi connectivity index (χ0n) is 11.4. The first-order chi connectivity index (χ1) is 10.5. The lowest BCUT2D eigenvalue weighted by Gasteiger charge is -2.18. The molecule has 112 valence electrons. The number of allylic oxidation sites excluding steroid dienone is 2. The summed E-state index contributed by atoms with van der Waals surface area (Å²) in [6.07, 6.45) is 4.74. The van der Waals surface area contributed by atoms with Crippen LogP contribution in [0.25, 0.3) is 0 Å². The smallest absolute Gasteiger partial charge is 0.271 e. The lowest BCUT2D eigenvalue weighted by atomic mass is 9.85. The second-order valence-electron chi connectivity index (χ2n) is 5.94. The minimum absolute atomic E-state index is 0.0530. The normalized spacial score (nSPS) is 31.9. The highest BCUT2D eigenvalue weighted by Gasteiger charge is 2.60. The van der Waals surface area contributed by atoms with Gasteiger partial charge < -0.3 is 5.11 Å². The lowest BCUT2D eigenvalue weighted by Crippen LogP contribution is -2.32. The van der Waals surface area contributed by atoms with E-state index < -0.39 is 16.8 Å². The van der Waals surface area contributed by atoms with Crippen molar-refractivity contribution >= 4 is 23.2 Å². The molecule has 4 rings (SSSR count). The van der Waals surface area contributed by atoms with Gasteiger partial charge in [0.05, 0.1) is 16.8 Å². The van der Waals surface area contributed by atoms with Crippen LogP contribution in [0.5, 0.6) is 5.75 Å². The van der Waals surface area contributed by atoms with Crippen LogP contribution in [0.4, 0.5) is 11.4 Å². The van der Waals surface area contributed by atoms with Crippen molar-refractivity contribution in [3.05, 3.63) is 40.5 Å². The van der Waals surface area contributed by atoms with Crippen molar-refractivity contribution in [2.45, 2.75) is 6.42 Å². The number of imide groups is 1. The van der Waals surface area contributed by atoms with Gasteiger partial charge in [-0.1, -0.05) is 12.2 Å². The van der Waals surface area contributed by atoms with Crippen LogP contribution >= 0.6 is 0 Å². The number of nitro groups is 1. The number of hydrogen-bond acceptors (Lipinski definition) is 5. The van der Waals surface area contributed by atoms with Gasteiger partial charge in [-0.05, 0) is 24.3 Å². The van der Waals surface area contributed by atoms with Gasteiger partial charge in [0.2, 0.25) is 11.8 Å². The highest BCUT2D eigenvalue weighted by Crippen LogP contribution is 2.54. The lowest BCUT2D eigenvalue weighted by molar-refractivity contribution is -0.384. The highest BCUT2D eigenvalue weighted by molar-refractivity contribution is 6.23. The molecule has 0 spiro atoms. The molecule has 2 fully saturated rings. The van der Waals surface area contributed by atoms with Gasteiger partial charge in [-0.2, -0.15) is 0 Å². The maximum absolute atomic E-state index is 12.6. The quantitative estimate of drug-likeness (QED) is 0.387. The molecule has 2 aliphatic carbocycles. The summed E-state index contributed by atoms with van der Waals surface area (Å²) in [6.45, 7) is 0. The van der Waals surface area contributed by atoms with Gasteiger partial charge in [-0.25, -0.2) is 4.90 Å². The number of phenolic OH excluding ortho intramolecular Hbond substituents is 1. The van der Waals surface area contributed by atoms with E-state index in [1.165, 1.54) is 0 Å². The van der Waals surface area contributed by atoms with Gasteiger partial charge in [0, 0.05) is 12.1 Å². The van der Waals surface area contributed by atoms with Gasteiger partial charge >= 0.3 is 0 Å². The number of nitro benzene ring substituents is 1. The van der Waals surface area contributed by atoms with Crippen LogP contribution in [-0.4, -0.2) is 21.8 Å². The summed E-state index contributed by atoms with van der Waals surface area (Å²) in [4.78, 5) is 36.4. The molecule has 1 N–H and O–H groups in total. The van der Waals surface area contributed by atoms with Gasteiger partial charge in [-0.3, -0.25) is 19.7 Å². The molecule has 0 radical (unpaired) electrons. The van der Waals surface area contributed by atoms with Crippen LogP contribution in [0.15, 0.2) is 30.4 Å². The van der Waals surface area contributed by atoms with Gasteiger partial charge in [0.1, 0.15) is 11.4 Å². The van der Waals surface area contributed by atoms with Crippen LogP contribution in [0.1, 0.15) is 6.42 Å². The third-order valence-corrected chi connectivity index (χ3v) is 4.88. The number of amides is 2. The zero-order chi connectivity index (χ0) is 15.6. The van der Waals surface area contributed by atoms with Crippen molar-refractivity contribution in [2.75, 3.05) is 4.90 Å². The maximum Gasteiger partial charge on any atom is 0.271 e. The predicted molar refractivity (Wildman–Crippen MR) is 75.0 cm³/mol. The first-order valence-electron chi connectivity index (χ1n) is 7.02. The third kappa shape index (κ3) is 1.50. The number of phenols is 1. The molecule has 0 unspecified atom stereocenters. The van der Waals surface area contributed by atoms with E-state index in [-0.39, 0.29) is 40.8 Å². The molecule has 1 saturated heterocycles. The van der Waals surface area contributed by atoms with E-state index in [1.54, 1.807) is 0 Å². The Morgan fingerprint density at radius 3 is 2.27 bits per heavy atom. The Balaban J connectivity index is 1.79. The monoisotopic (exact) mass is 300 g/mol. The number of non-ortho nitro benzene ring substituents is 1. The number of aromatic hydroxyl groups is 1. The predicted octanol–water partition coefficient (Wildman–Crippen LogP) is 1.61. The van der Waals surface area contributed by atoms with Gasteiger partial charge in [0.15, 0.2) is 0 Å². The topological polar surface area (TPSA) is 101 Å². The first-order valence-corrected chi connectivity index (χ1v) is 7.02. The standard InChI is InChI=1S/C15H12N2O5/c18-11-4-3-9(17(21)22)6-10(11)16-14(19)12-7-1-2-8(5-7)13(12)15(16)20/h1-4,6-8,12-13,18H,5H2/t7-,8-,12-,13+/m0/s1. The third-order valence-electron chi connectivity index (χ3n) is 4.88. The Labute approximate surface area is 125 Å². The van der Waals surface area contributed by atoms with Crippen molar-refractivity contribution in [3.8, 4) is 5.75 Å². The van der Waals surface area contributed by atoms with Crippen LogP contribution in [0.3, 0.4) is 0 Å². The average Bonchev–Trinajstić information content (AvgIpc) is 3.14. The SMILES string of the molecule is O=C1[C@@H]2[C@H](C(=O)N1c1cc([N+](=O)[O-])ccc1O)[C@H]1C=C[C@H]2C1. The summed E-state index contributed by atoms with van der Waals surface area (Å²) < 4.78 is 0. The molecule has 0 aromatic heterocycles. The van der Waals surface area contributed by atoms with E-state index in [9.17, 15) is 24.8 Å². The molecule has 4 atom stereocenters. The summed E-state index contributed by atoms with van der Waals surface area (Å²) in [5.74, 6) is -1.75.